The summed E-state index contributed by atoms with van der Waals surface area (Å²) in [5.74, 6) is 0.470. The number of carbonyl (C=O) groups is 3. The number of urea groups is 1. The molecule has 1 fully saturated rings. The van der Waals surface area contributed by atoms with Crippen molar-refractivity contribution in [3.05, 3.63) is 86.9 Å². The summed E-state index contributed by atoms with van der Waals surface area (Å²) in [4.78, 5) is 39.3. The Bertz CT molecular complexity index is 1880. The zero-order valence-electron chi connectivity index (χ0n) is 22.3. The third-order valence-electron chi connectivity index (χ3n) is 6.70. The molecule has 2 aliphatic heterocycles. The van der Waals surface area contributed by atoms with E-state index in [0.29, 0.717) is 32.8 Å². The van der Waals surface area contributed by atoms with Gasteiger partial charge in [-0.25, -0.2) is 10.2 Å². The van der Waals surface area contributed by atoms with E-state index in [1.165, 1.54) is 6.07 Å². The van der Waals surface area contributed by atoms with E-state index in [-0.39, 0.29) is 28.6 Å². The molecule has 0 unspecified atom stereocenters. The molecule has 10 nitrogen and oxygen atoms in total. The predicted octanol–water partition coefficient (Wildman–Crippen LogP) is 6.56. The molecule has 2 aliphatic rings. The second-order valence-electron chi connectivity index (χ2n) is 9.43. The van der Waals surface area contributed by atoms with E-state index in [0.717, 1.165) is 38.9 Å². The summed E-state index contributed by atoms with van der Waals surface area (Å²) >= 11 is 18.4. The van der Waals surface area contributed by atoms with Crippen LogP contribution in [0.25, 0.3) is 17.0 Å². The third-order valence-corrected chi connectivity index (χ3v) is 8.74. The Morgan fingerprint density at radius 1 is 1.00 bits per heavy atom. The fourth-order valence-corrected chi connectivity index (χ4v) is 6.15. The van der Waals surface area contributed by atoms with E-state index in [1.807, 2.05) is 35.8 Å². The lowest BCUT2D eigenvalue weighted by atomic mass is 10.1. The second-order valence-corrected chi connectivity index (χ2v) is 11.9. The Hall–Kier alpha value is -4.23. The van der Waals surface area contributed by atoms with Gasteiger partial charge in [0, 0.05) is 39.6 Å². The van der Waals surface area contributed by atoms with Gasteiger partial charge in [0.1, 0.15) is 6.54 Å². The number of anilines is 2. The molecule has 43 heavy (non-hydrogen) atoms. The van der Waals surface area contributed by atoms with E-state index in [2.05, 4.69) is 16.1 Å². The van der Waals surface area contributed by atoms with Gasteiger partial charge in [0.25, 0.3) is 5.91 Å². The number of carbonyl (C=O) groups excluding carboxylic acids is 3. The van der Waals surface area contributed by atoms with E-state index in [1.54, 1.807) is 36.4 Å². The highest BCUT2D eigenvalue weighted by Gasteiger charge is 2.34. The molecule has 0 spiro atoms. The summed E-state index contributed by atoms with van der Waals surface area (Å²) in [7, 11) is 0. The molecular weight excluding hydrogens is 633 g/mol. The van der Waals surface area contributed by atoms with E-state index < -0.39 is 11.9 Å². The van der Waals surface area contributed by atoms with Crippen molar-refractivity contribution < 1.29 is 23.9 Å². The highest BCUT2D eigenvalue weighted by molar-refractivity contribution is 8.26. The molecule has 3 aromatic carbocycles. The van der Waals surface area contributed by atoms with Crippen LogP contribution in [0.15, 0.2) is 65.6 Å². The van der Waals surface area contributed by atoms with Gasteiger partial charge in [-0.05, 0) is 61.6 Å². The Morgan fingerprint density at radius 2 is 1.74 bits per heavy atom. The van der Waals surface area contributed by atoms with Crippen LogP contribution in [0, 0.1) is 6.92 Å². The van der Waals surface area contributed by atoms with Crippen molar-refractivity contribution in [2.45, 2.75) is 13.5 Å². The van der Waals surface area contributed by atoms with Crippen molar-refractivity contribution in [1.29, 1.82) is 0 Å². The average Bonchev–Trinajstić information content (AvgIpc) is 3.63. The van der Waals surface area contributed by atoms with Gasteiger partial charge in [-0.15, -0.1) is 0 Å². The first kappa shape index (κ1) is 28.9. The molecule has 6 rings (SSSR count). The Kier molecular flexibility index (Phi) is 7.93. The number of aromatic nitrogens is 1. The smallest absolute Gasteiger partial charge is 0.338 e. The van der Waals surface area contributed by atoms with Crippen LogP contribution in [0.3, 0.4) is 0 Å². The maximum absolute atomic E-state index is 13.3. The zero-order valence-corrected chi connectivity index (χ0v) is 25.4. The van der Waals surface area contributed by atoms with Crippen LogP contribution in [-0.2, 0) is 16.1 Å². The molecule has 1 saturated heterocycles. The zero-order chi connectivity index (χ0) is 30.2. The number of hydrogen-bond acceptors (Lipinski definition) is 7. The van der Waals surface area contributed by atoms with Crippen molar-refractivity contribution in [3.8, 4) is 11.5 Å². The van der Waals surface area contributed by atoms with E-state index >= 15 is 0 Å². The monoisotopic (exact) mass is 653 g/mol. The number of nitrogens with one attached hydrogen (secondary N) is 3. The van der Waals surface area contributed by atoms with Crippen molar-refractivity contribution in [2.75, 3.05) is 17.4 Å². The van der Waals surface area contributed by atoms with Crippen LogP contribution < -0.4 is 25.5 Å². The summed E-state index contributed by atoms with van der Waals surface area (Å²) in [6.45, 7) is 2.06. The maximum Gasteiger partial charge on any atom is 0.338 e. The molecule has 218 valence electrons. The Labute approximate surface area is 264 Å². The number of ether oxygens (including phenoxy) is 2. The van der Waals surface area contributed by atoms with Gasteiger partial charge in [-0.2, -0.15) is 5.01 Å². The van der Waals surface area contributed by atoms with Crippen LogP contribution in [0.1, 0.15) is 11.3 Å². The van der Waals surface area contributed by atoms with Crippen molar-refractivity contribution in [3.63, 3.8) is 0 Å². The number of nitrogens with zero attached hydrogens (tertiary/aromatic N) is 2. The van der Waals surface area contributed by atoms with Gasteiger partial charge in [0.05, 0.1) is 15.0 Å². The quantitative estimate of drug-likeness (QED) is 0.159. The number of benzene rings is 3. The van der Waals surface area contributed by atoms with Crippen molar-refractivity contribution in [1.82, 2.24) is 15.0 Å². The molecule has 3 heterocycles. The first-order valence-corrected chi connectivity index (χ1v) is 14.7. The molecule has 3 N–H and O–H groups in total. The molecule has 1 aromatic heterocycles. The Balaban J connectivity index is 1.21. The molecule has 0 saturated carbocycles. The molecule has 0 radical (unpaired) electrons. The molecule has 14 heteroatoms. The number of para-hydroxylation sites is 1. The van der Waals surface area contributed by atoms with Crippen LogP contribution in [0.2, 0.25) is 10.0 Å². The molecule has 4 amide bonds. The first-order valence-electron chi connectivity index (χ1n) is 12.8. The highest BCUT2D eigenvalue weighted by atomic mass is 35.5. The minimum atomic E-state index is -0.683. The largest absolute Gasteiger partial charge is 0.454 e. The number of thiocarbonyl (C=S) groups is 1. The Morgan fingerprint density at radius 3 is 2.56 bits per heavy atom. The summed E-state index contributed by atoms with van der Waals surface area (Å²) in [6.07, 6.45) is 1.72. The van der Waals surface area contributed by atoms with Crippen LogP contribution in [0.5, 0.6) is 11.5 Å². The minimum Gasteiger partial charge on any atom is -0.454 e. The van der Waals surface area contributed by atoms with Gasteiger partial charge in [0.15, 0.2) is 15.8 Å². The first-order chi connectivity index (χ1) is 20.7. The number of rotatable bonds is 6. The van der Waals surface area contributed by atoms with Gasteiger partial charge >= 0.3 is 6.03 Å². The van der Waals surface area contributed by atoms with E-state index in [9.17, 15) is 14.4 Å². The predicted molar refractivity (Wildman–Crippen MR) is 171 cm³/mol. The lowest BCUT2D eigenvalue weighted by Gasteiger charge is -2.16. The fourth-order valence-electron chi connectivity index (χ4n) is 4.69. The summed E-state index contributed by atoms with van der Waals surface area (Å²) in [6, 6.07) is 16.7. The number of hydrazine groups is 1. The van der Waals surface area contributed by atoms with E-state index in [4.69, 9.17) is 44.9 Å². The highest BCUT2D eigenvalue weighted by Crippen LogP contribution is 2.36. The van der Waals surface area contributed by atoms with Gasteiger partial charge in [-0.3, -0.25) is 9.59 Å². The topological polar surface area (TPSA) is 114 Å². The third kappa shape index (κ3) is 5.87. The van der Waals surface area contributed by atoms with Crippen molar-refractivity contribution in [2.24, 2.45) is 0 Å². The number of amides is 4. The summed E-state index contributed by atoms with van der Waals surface area (Å²) < 4.78 is 12.8. The number of halogens is 2. The molecule has 0 bridgehead atoms. The van der Waals surface area contributed by atoms with Gasteiger partial charge in [-0.1, -0.05) is 53.2 Å². The van der Waals surface area contributed by atoms with Gasteiger partial charge in [0.2, 0.25) is 12.7 Å². The maximum atomic E-state index is 13.3. The minimum absolute atomic E-state index is 0.0338. The SMILES string of the molecule is Cc1c(/C=C2\SC(=S)N(NC(=O)Nc3ccc(Cl)c(Cl)c3)C2=O)c2ccccc2n1CC(=O)Nc1ccc2c(c1)OCO2. The normalized spacial score (nSPS) is 15.0. The van der Waals surface area contributed by atoms with Gasteiger partial charge < -0.3 is 24.7 Å². The number of fused-ring (bicyclic) bond motifs is 2. The van der Waals surface area contributed by atoms with Crippen LogP contribution in [0.4, 0.5) is 16.2 Å². The molecule has 0 aliphatic carbocycles. The molecule has 0 atom stereocenters. The average molecular weight is 655 g/mol. The summed E-state index contributed by atoms with van der Waals surface area (Å²) in [5.41, 5.74) is 5.81. The second kappa shape index (κ2) is 11.8. The summed E-state index contributed by atoms with van der Waals surface area (Å²) in [5, 5.41) is 7.97. The number of thioether (sulfide) groups is 1. The van der Waals surface area contributed by atoms with Crippen LogP contribution in [-0.4, -0.2) is 38.5 Å². The fraction of sp³-hybridized carbons (Fsp3) is 0.103. The molecule has 4 aromatic rings. The lowest BCUT2D eigenvalue weighted by Crippen LogP contribution is -2.46. The van der Waals surface area contributed by atoms with Crippen molar-refractivity contribution >= 4 is 97.7 Å². The molecular formula is C29H21Cl2N5O5S2. The number of hydrogen-bond donors (Lipinski definition) is 3. The standard InChI is InChI=1S/C29H21Cl2N5O5S2/c1-15-19(12-25-27(38)36(29(42)43-25)34-28(39)33-16-6-8-20(30)21(31)10-16)18-4-2-3-5-22(18)35(15)13-26(37)32-17-7-9-23-24(11-17)41-14-40-23/h2-12H,13-14H2,1H3,(H,32,37)(H2,33,34,39)/b25-12-. The van der Waals surface area contributed by atoms with Crippen LogP contribution >= 0.6 is 47.2 Å². The lowest BCUT2D eigenvalue weighted by molar-refractivity contribution is -0.123.